The summed E-state index contributed by atoms with van der Waals surface area (Å²) in [7, 11) is 3.88. The van der Waals surface area contributed by atoms with Crippen LogP contribution in [0.1, 0.15) is 36.0 Å². The van der Waals surface area contributed by atoms with E-state index in [9.17, 15) is 4.79 Å². The van der Waals surface area contributed by atoms with Gasteiger partial charge in [0, 0.05) is 31.0 Å². The second-order valence-corrected chi connectivity index (χ2v) is 6.88. The predicted octanol–water partition coefficient (Wildman–Crippen LogP) is 2.74. The van der Waals surface area contributed by atoms with Gasteiger partial charge in [0.2, 0.25) is 0 Å². The van der Waals surface area contributed by atoms with Crippen molar-refractivity contribution in [2.24, 2.45) is 0 Å². The quantitative estimate of drug-likeness (QED) is 0.840. The highest BCUT2D eigenvalue weighted by molar-refractivity contribution is 7.99. The maximum Gasteiger partial charge on any atom is 0.251 e. The number of anilines is 2. The number of nitrogens with zero attached hydrogens (tertiary/aromatic N) is 1. The Morgan fingerprint density at radius 3 is 2.67 bits per heavy atom. The van der Waals surface area contributed by atoms with E-state index in [0.29, 0.717) is 16.5 Å². The number of carbonyl (C=O) groups is 1. The molecule has 3 N–H and O–H groups in total. The number of nitrogens with two attached hydrogens (primary N) is 1. The van der Waals surface area contributed by atoms with Gasteiger partial charge in [-0.15, -0.1) is 0 Å². The molecule has 1 aliphatic rings. The second kappa shape index (κ2) is 7.07. The van der Waals surface area contributed by atoms with E-state index < -0.39 is 0 Å². The molecule has 0 aliphatic heterocycles. The summed E-state index contributed by atoms with van der Waals surface area (Å²) in [6.07, 6.45) is 6.85. The summed E-state index contributed by atoms with van der Waals surface area (Å²) in [5, 5.41) is 3.71. The Morgan fingerprint density at radius 1 is 1.33 bits per heavy atom. The van der Waals surface area contributed by atoms with Gasteiger partial charge in [0.15, 0.2) is 0 Å². The van der Waals surface area contributed by atoms with E-state index in [0.717, 1.165) is 12.1 Å². The Bertz CT molecular complexity index is 504. The summed E-state index contributed by atoms with van der Waals surface area (Å²) < 4.78 is 0. The molecule has 2 rings (SSSR count). The number of carbonyl (C=O) groups excluding carboxylic acids is 1. The Kier molecular flexibility index (Phi) is 5.39. The van der Waals surface area contributed by atoms with E-state index in [2.05, 4.69) is 11.6 Å². The van der Waals surface area contributed by atoms with Gasteiger partial charge in [0.05, 0.1) is 11.4 Å². The standard InChI is InChI=1S/C16H25N3OS/c1-19(2)14-9-8-11(10-12(14)17)16(20)18-13-6-4-5-7-15(13)21-3/h8-10,13,15H,4-7,17H2,1-3H3,(H,18,20). The summed E-state index contributed by atoms with van der Waals surface area (Å²) in [6.45, 7) is 0. The number of nitrogens with one attached hydrogen (secondary N) is 1. The largest absolute Gasteiger partial charge is 0.397 e. The number of hydrogen-bond donors (Lipinski definition) is 2. The van der Waals surface area contributed by atoms with E-state index in [1.165, 1.54) is 19.3 Å². The molecule has 1 fully saturated rings. The zero-order valence-corrected chi connectivity index (χ0v) is 13.9. The lowest BCUT2D eigenvalue weighted by Crippen LogP contribution is -2.43. The minimum absolute atomic E-state index is 0.0158. The molecule has 21 heavy (non-hydrogen) atoms. The van der Waals surface area contributed by atoms with Crippen LogP contribution < -0.4 is 16.0 Å². The first-order valence-electron chi connectivity index (χ1n) is 7.43. The first-order valence-corrected chi connectivity index (χ1v) is 8.72. The van der Waals surface area contributed by atoms with Crippen molar-refractivity contribution in [3.63, 3.8) is 0 Å². The van der Waals surface area contributed by atoms with Gasteiger partial charge in [0.25, 0.3) is 5.91 Å². The molecule has 1 saturated carbocycles. The Morgan fingerprint density at radius 2 is 2.05 bits per heavy atom. The second-order valence-electron chi connectivity index (χ2n) is 5.81. The van der Waals surface area contributed by atoms with Gasteiger partial charge in [-0.1, -0.05) is 12.8 Å². The molecule has 2 unspecified atom stereocenters. The molecule has 5 heteroatoms. The van der Waals surface area contributed by atoms with Gasteiger partial charge in [-0.05, 0) is 37.3 Å². The smallest absolute Gasteiger partial charge is 0.251 e. The first-order chi connectivity index (χ1) is 10.0. The highest BCUT2D eigenvalue weighted by Gasteiger charge is 2.26. The molecule has 4 nitrogen and oxygen atoms in total. The summed E-state index contributed by atoms with van der Waals surface area (Å²) >= 11 is 1.85. The molecule has 1 aliphatic carbocycles. The van der Waals surface area contributed by atoms with Crippen LogP contribution >= 0.6 is 11.8 Å². The Hall–Kier alpha value is -1.36. The fraction of sp³-hybridized carbons (Fsp3) is 0.562. The van der Waals surface area contributed by atoms with Crippen LogP contribution in [0.25, 0.3) is 0 Å². The predicted molar refractivity (Wildman–Crippen MR) is 92.2 cm³/mol. The third-order valence-corrected chi connectivity index (χ3v) is 5.26. The van der Waals surface area contributed by atoms with Crippen LogP contribution in [-0.2, 0) is 0 Å². The van der Waals surface area contributed by atoms with Gasteiger partial charge in [-0.3, -0.25) is 4.79 Å². The van der Waals surface area contributed by atoms with Gasteiger partial charge in [-0.25, -0.2) is 0 Å². The molecule has 1 amide bonds. The molecule has 116 valence electrons. The van der Waals surface area contributed by atoms with E-state index in [1.54, 1.807) is 6.07 Å². The van der Waals surface area contributed by atoms with Crippen LogP contribution in [0.5, 0.6) is 0 Å². The zero-order chi connectivity index (χ0) is 15.4. The Balaban J connectivity index is 2.07. The highest BCUT2D eigenvalue weighted by Crippen LogP contribution is 2.28. The van der Waals surface area contributed by atoms with E-state index >= 15 is 0 Å². The fourth-order valence-corrected chi connectivity index (χ4v) is 3.83. The van der Waals surface area contributed by atoms with Crippen molar-refractivity contribution in [3.05, 3.63) is 23.8 Å². The van der Waals surface area contributed by atoms with Crippen molar-refractivity contribution in [2.45, 2.75) is 37.0 Å². The average Bonchev–Trinajstić information content (AvgIpc) is 2.47. The van der Waals surface area contributed by atoms with Crippen LogP contribution in [0.2, 0.25) is 0 Å². The van der Waals surface area contributed by atoms with Crippen molar-refractivity contribution in [2.75, 3.05) is 31.0 Å². The maximum atomic E-state index is 12.4. The Labute approximate surface area is 131 Å². The van der Waals surface area contributed by atoms with Crippen LogP contribution in [0, 0.1) is 0 Å². The van der Waals surface area contributed by atoms with Crippen molar-refractivity contribution in [1.29, 1.82) is 0 Å². The maximum absolute atomic E-state index is 12.4. The van der Waals surface area contributed by atoms with Crippen LogP contribution in [0.15, 0.2) is 18.2 Å². The molecular formula is C16H25N3OS. The highest BCUT2D eigenvalue weighted by atomic mass is 32.2. The normalized spacial score (nSPS) is 21.9. The molecule has 1 aromatic carbocycles. The van der Waals surface area contributed by atoms with Crippen molar-refractivity contribution in [3.8, 4) is 0 Å². The molecule has 0 saturated heterocycles. The first kappa shape index (κ1) is 16.0. The molecule has 0 heterocycles. The van der Waals surface area contributed by atoms with E-state index in [1.807, 2.05) is 42.9 Å². The summed E-state index contributed by atoms with van der Waals surface area (Å²) in [6, 6.07) is 5.78. The van der Waals surface area contributed by atoms with Gasteiger partial charge >= 0.3 is 0 Å². The van der Waals surface area contributed by atoms with Gasteiger partial charge in [-0.2, -0.15) is 11.8 Å². The fourth-order valence-electron chi connectivity index (χ4n) is 2.90. The van der Waals surface area contributed by atoms with Crippen LogP contribution in [0.4, 0.5) is 11.4 Å². The summed E-state index contributed by atoms with van der Waals surface area (Å²) in [5.74, 6) is -0.0158. The number of thioether (sulfide) groups is 1. The lowest BCUT2D eigenvalue weighted by molar-refractivity contribution is 0.0929. The molecule has 0 spiro atoms. The van der Waals surface area contributed by atoms with Gasteiger partial charge < -0.3 is 16.0 Å². The summed E-state index contributed by atoms with van der Waals surface area (Å²) in [5.41, 5.74) is 8.24. The summed E-state index contributed by atoms with van der Waals surface area (Å²) in [4.78, 5) is 14.4. The number of nitrogen functional groups attached to an aromatic ring is 1. The molecule has 0 aromatic heterocycles. The molecule has 0 bridgehead atoms. The monoisotopic (exact) mass is 307 g/mol. The zero-order valence-electron chi connectivity index (χ0n) is 13.1. The topological polar surface area (TPSA) is 58.4 Å². The third kappa shape index (κ3) is 3.84. The number of benzene rings is 1. The molecule has 2 atom stereocenters. The number of hydrogen-bond acceptors (Lipinski definition) is 4. The lowest BCUT2D eigenvalue weighted by Gasteiger charge is -2.31. The SMILES string of the molecule is CSC1CCCCC1NC(=O)c1ccc(N(C)C)c(N)c1. The van der Waals surface area contributed by atoms with E-state index in [4.69, 9.17) is 5.73 Å². The minimum Gasteiger partial charge on any atom is -0.397 e. The average molecular weight is 307 g/mol. The molecule has 0 radical (unpaired) electrons. The molecule has 1 aromatic rings. The van der Waals surface area contributed by atoms with Crippen LogP contribution in [0.3, 0.4) is 0 Å². The van der Waals surface area contributed by atoms with Crippen molar-refractivity contribution in [1.82, 2.24) is 5.32 Å². The molecular weight excluding hydrogens is 282 g/mol. The van der Waals surface area contributed by atoms with Gasteiger partial charge in [0.1, 0.15) is 0 Å². The van der Waals surface area contributed by atoms with Crippen LogP contribution in [-0.4, -0.2) is 37.6 Å². The lowest BCUT2D eigenvalue weighted by atomic mass is 9.94. The van der Waals surface area contributed by atoms with Crippen molar-refractivity contribution >= 4 is 29.0 Å². The van der Waals surface area contributed by atoms with Crippen molar-refractivity contribution < 1.29 is 4.79 Å². The number of rotatable bonds is 4. The third-order valence-electron chi connectivity index (χ3n) is 4.09. The van der Waals surface area contributed by atoms with E-state index in [-0.39, 0.29) is 11.9 Å². The minimum atomic E-state index is -0.0158. The number of amides is 1.